The number of benzene rings is 2. The first-order chi connectivity index (χ1) is 15.6. The van der Waals surface area contributed by atoms with Crippen LogP contribution in [0.4, 0.5) is 5.69 Å². The maximum absolute atomic E-state index is 13.2. The second-order valence-electron chi connectivity index (χ2n) is 8.33. The minimum atomic E-state index is -3.87. The Bertz CT molecular complexity index is 1100. The first-order valence-corrected chi connectivity index (χ1v) is 12.5. The summed E-state index contributed by atoms with van der Waals surface area (Å²) < 4.78 is 39.7. The van der Waals surface area contributed by atoms with Crippen LogP contribution in [0.5, 0.6) is 5.75 Å². The Morgan fingerprint density at radius 2 is 1.97 bits per heavy atom. The molecule has 0 saturated carbocycles. The lowest BCUT2D eigenvalue weighted by atomic mass is 10.0. The van der Waals surface area contributed by atoms with Crippen molar-refractivity contribution in [1.29, 1.82) is 0 Å². The van der Waals surface area contributed by atoms with Crippen molar-refractivity contribution in [3.8, 4) is 5.75 Å². The summed E-state index contributed by atoms with van der Waals surface area (Å²) in [4.78, 5) is 14.8. The summed E-state index contributed by atoms with van der Waals surface area (Å²) in [6, 6.07) is 10.6. The highest BCUT2D eigenvalue weighted by molar-refractivity contribution is 7.92. The van der Waals surface area contributed by atoms with Gasteiger partial charge in [-0.05, 0) is 43.2 Å². The Morgan fingerprint density at radius 1 is 1.21 bits per heavy atom. The number of likely N-dealkylation sites (N-methyl/N-ethyl adjacent to an activating group) is 1. The molecule has 0 unspecified atom stereocenters. The van der Waals surface area contributed by atoms with E-state index in [1.807, 2.05) is 6.92 Å². The van der Waals surface area contributed by atoms with Crippen molar-refractivity contribution in [1.82, 2.24) is 10.2 Å². The van der Waals surface area contributed by atoms with Gasteiger partial charge in [0.2, 0.25) is 0 Å². The van der Waals surface area contributed by atoms with Crippen LogP contribution in [0, 0.1) is 5.92 Å². The van der Waals surface area contributed by atoms with Crippen molar-refractivity contribution in [3.05, 3.63) is 53.1 Å². The summed E-state index contributed by atoms with van der Waals surface area (Å²) in [7, 11) is -0.515. The van der Waals surface area contributed by atoms with Crippen molar-refractivity contribution in [2.24, 2.45) is 5.92 Å². The van der Waals surface area contributed by atoms with Gasteiger partial charge in [-0.2, -0.15) is 0 Å². The number of hydrogen-bond donors (Lipinski definition) is 2. The number of carbonyl (C=O) groups excluding carboxylic acids is 1. The zero-order valence-corrected chi connectivity index (χ0v) is 20.7. The highest BCUT2D eigenvalue weighted by Crippen LogP contribution is 2.28. The van der Waals surface area contributed by atoms with Gasteiger partial charge in [0, 0.05) is 44.4 Å². The van der Waals surface area contributed by atoms with Crippen LogP contribution in [0.25, 0.3) is 0 Å². The van der Waals surface area contributed by atoms with E-state index < -0.39 is 10.0 Å². The fraction of sp³-hybridized carbons (Fsp3) is 0.435. The fourth-order valence-corrected chi connectivity index (χ4v) is 4.92. The van der Waals surface area contributed by atoms with Gasteiger partial charge in [-0.1, -0.05) is 24.6 Å². The van der Waals surface area contributed by atoms with Crippen molar-refractivity contribution in [3.63, 3.8) is 0 Å². The molecule has 1 heterocycles. The molecular weight excluding hydrogens is 466 g/mol. The van der Waals surface area contributed by atoms with Gasteiger partial charge in [0.05, 0.1) is 22.3 Å². The molecular formula is C23H30ClN3O5S. The summed E-state index contributed by atoms with van der Waals surface area (Å²) in [6.07, 6.45) is -0.133. The predicted molar refractivity (Wildman–Crippen MR) is 129 cm³/mol. The number of amides is 1. The fourth-order valence-electron chi connectivity index (χ4n) is 3.57. The Balaban J connectivity index is 1.92. The van der Waals surface area contributed by atoms with Crippen LogP contribution in [0.3, 0.4) is 0 Å². The molecule has 0 radical (unpaired) electrons. The van der Waals surface area contributed by atoms with E-state index in [1.165, 1.54) is 18.2 Å². The van der Waals surface area contributed by atoms with Crippen LogP contribution in [0.1, 0.15) is 24.2 Å². The number of fused-ring (bicyclic) bond motifs is 1. The third kappa shape index (κ3) is 6.38. The molecule has 10 heteroatoms. The predicted octanol–water partition coefficient (Wildman–Crippen LogP) is 3.23. The molecule has 0 saturated heterocycles. The first kappa shape index (κ1) is 25.3. The van der Waals surface area contributed by atoms with Gasteiger partial charge < -0.3 is 19.7 Å². The number of ether oxygens (including phenoxy) is 2. The Kier molecular flexibility index (Phi) is 8.23. The first-order valence-electron chi connectivity index (χ1n) is 10.7. The summed E-state index contributed by atoms with van der Waals surface area (Å²) in [6.45, 7) is 5.48. The molecule has 1 aliphatic heterocycles. The topological polar surface area (TPSA) is 97.0 Å². The molecule has 0 spiro atoms. The molecule has 2 N–H and O–H groups in total. The number of anilines is 1. The van der Waals surface area contributed by atoms with Crippen LogP contribution in [0.15, 0.2) is 47.4 Å². The molecule has 1 aliphatic rings. The van der Waals surface area contributed by atoms with Crippen LogP contribution in [-0.2, 0) is 14.8 Å². The van der Waals surface area contributed by atoms with Crippen molar-refractivity contribution in [2.45, 2.75) is 30.9 Å². The second kappa shape index (κ2) is 10.7. The maximum atomic E-state index is 13.2. The van der Waals surface area contributed by atoms with Gasteiger partial charge in [0.15, 0.2) is 0 Å². The quantitative estimate of drug-likeness (QED) is 0.676. The van der Waals surface area contributed by atoms with E-state index in [1.54, 1.807) is 43.3 Å². The molecule has 0 fully saturated rings. The molecule has 2 aromatic rings. The monoisotopic (exact) mass is 495 g/mol. The Labute approximate surface area is 200 Å². The Hall–Kier alpha value is -2.33. The van der Waals surface area contributed by atoms with Gasteiger partial charge >= 0.3 is 0 Å². The van der Waals surface area contributed by atoms with Crippen molar-refractivity contribution in [2.75, 3.05) is 38.6 Å². The summed E-state index contributed by atoms with van der Waals surface area (Å²) in [5, 5.41) is 3.74. The minimum absolute atomic E-state index is 0.0110. The van der Waals surface area contributed by atoms with Gasteiger partial charge in [-0.3, -0.25) is 9.52 Å². The lowest BCUT2D eigenvalue weighted by Crippen LogP contribution is -2.44. The van der Waals surface area contributed by atoms with Gasteiger partial charge in [-0.25, -0.2) is 8.42 Å². The third-order valence-electron chi connectivity index (χ3n) is 5.59. The summed E-state index contributed by atoms with van der Waals surface area (Å²) in [5.74, 6) is 0.258. The number of methoxy groups -OCH3 is 1. The molecule has 33 heavy (non-hydrogen) atoms. The largest absolute Gasteiger partial charge is 0.491 e. The zero-order chi connectivity index (χ0) is 24.2. The summed E-state index contributed by atoms with van der Waals surface area (Å²) >= 11 is 5.94. The van der Waals surface area contributed by atoms with E-state index in [0.717, 1.165) is 0 Å². The van der Waals surface area contributed by atoms with Crippen LogP contribution in [-0.4, -0.2) is 65.2 Å². The number of halogens is 1. The molecule has 8 nitrogen and oxygen atoms in total. The van der Waals surface area contributed by atoms with Gasteiger partial charge in [-0.15, -0.1) is 0 Å². The molecule has 0 aliphatic carbocycles. The van der Waals surface area contributed by atoms with E-state index in [0.29, 0.717) is 36.0 Å². The summed E-state index contributed by atoms with van der Waals surface area (Å²) in [5.41, 5.74) is 0.624. The van der Waals surface area contributed by atoms with Crippen LogP contribution < -0.4 is 14.8 Å². The average molecular weight is 496 g/mol. The lowest BCUT2D eigenvalue weighted by molar-refractivity contribution is 0.0281. The lowest BCUT2D eigenvalue weighted by Gasteiger charge is -2.30. The SMILES string of the molecule is CO[C@H]1CN(C)C(=O)c2ccc(NS(=O)(=O)c3cccc(Cl)c3)cc2OC[C@H](C)NC[C@@H]1C. The molecule has 3 atom stereocenters. The number of rotatable bonds is 4. The van der Waals surface area contributed by atoms with E-state index in [2.05, 4.69) is 17.0 Å². The number of nitrogens with zero attached hydrogens (tertiary/aromatic N) is 1. The number of carbonyl (C=O) groups is 1. The van der Waals surface area contributed by atoms with Crippen LogP contribution in [0.2, 0.25) is 5.02 Å². The zero-order valence-electron chi connectivity index (χ0n) is 19.2. The highest BCUT2D eigenvalue weighted by atomic mass is 35.5. The van der Waals surface area contributed by atoms with E-state index in [4.69, 9.17) is 21.1 Å². The maximum Gasteiger partial charge on any atom is 0.261 e. The standard InChI is InChI=1S/C23H30ClN3O5S/c1-15-12-25-16(2)14-32-21-11-18(26-33(29,30)19-7-5-6-17(24)10-19)8-9-20(21)23(28)27(3)13-22(15)31-4/h5-11,15-16,22,25-26H,12-14H2,1-4H3/t15-,16-,22-/m0/s1. The highest BCUT2D eigenvalue weighted by Gasteiger charge is 2.26. The molecule has 180 valence electrons. The number of nitrogens with one attached hydrogen (secondary N) is 2. The molecule has 3 rings (SSSR count). The number of sulfonamides is 1. The second-order valence-corrected chi connectivity index (χ2v) is 10.5. The van der Waals surface area contributed by atoms with Crippen molar-refractivity contribution < 1.29 is 22.7 Å². The van der Waals surface area contributed by atoms with E-state index in [-0.39, 0.29) is 34.6 Å². The van der Waals surface area contributed by atoms with Gasteiger partial charge in [0.25, 0.3) is 15.9 Å². The van der Waals surface area contributed by atoms with Crippen LogP contribution >= 0.6 is 11.6 Å². The number of hydrogen-bond acceptors (Lipinski definition) is 6. The molecule has 1 amide bonds. The minimum Gasteiger partial charge on any atom is -0.491 e. The average Bonchev–Trinajstić information content (AvgIpc) is 2.78. The van der Waals surface area contributed by atoms with Gasteiger partial charge in [0.1, 0.15) is 12.4 Å². The normalized spacial score (nSPS) is 22.5. The van der Waals surface area contributed by atoms with E-state index in [9.17, 15) is 13.2 Å². The van der Waals surface area contributed by atoms with Crippen molar-refractivity contribution >= 4 is 33.2 Å². The molecule has 2 aromatic carbocycles. The third-order valence-corrected chi connectivity index (χ3v) is 7.20. The van der Waals surface area contributed by atoms with E-state index >= 15 is 0 Å². The smallest absolute Gasteiger partial charge is 0.261 e. The Morgan fingerprint density at radius 3 is 2.67 bits per heavy atom. The molecule has 0 bridgehead atoms. The molecule has 0 aromatic heterocycles.